The Labute approximate surface area is 139 Å². The lowest BCUT2D eigenvalue weighted by Gasteiger charge is -2.36. The Morgan fingerprint density at radius 3 is 2.57 bits per heavy atom. The normalized spacial score (nSPS) is 20.9. The number of nitrogens with zero attached hydrogens (tertiary/aromatic N) is 2. The van der Waals surface area contributed by atoms with Gasteiger partial charge >= 0.3 is 0 Å². The molecule has 1 aliphatic rings. The Balaban J connectivity index is 0.00000200. The maximum atomic E-state index is 12.5. The number of hydrogen-bond donors (Lipinski definition) is 1. The van der Waals surface area contributed by atoms with Gasteiger partial charge in [-0.3, -0.25) is 9.78 Å². The van der Waals surface area contributed by atoms with E-state index in [1.165, 1.54) is 12.0 Å². The SMILES string of the molecule is CN(CCc1ccncc1)C(=O)C1(C)CCCCN1.Cl.Cl. The van der Waals surface area contributed by atoms with Crippen molar-refractivity contribution in [3.8, 4) is 0 Å². The van der Waals surface area contributed by atoms with Crippen molar-refractivity contribution >= 4 is 30.7 Å². The van der Waals surface area contributed by atoms with Gasteiger partial charge in [0, 0.05) is 26.0 Å². The summed E-state index contributed by atoms with van der Waals surface area (Å²) in [6, 6.07) is 4.00. The topological polar surface area (TPSA) is 45.2 Å². The summed E-state index contributed by atoms with van der Waals surface area (Å²) in [5.41, 5.74) is 0.849. The second kappa shape index (κ2) is 9.23. The van der Waals surface area contributed by atoms with Gasteiger partial charge in [0.25, 0.3) is 0 Å². The molecule has 1 N–H and O–H groups in total. The van der Waals surface area contributed by atoms with Crippen LogP contribution in [0.3, 0.4) is 0 Å². The van der Waals surface area contributed by atoms with Crippen LogP contribution in [0, 0.1) is 0 Å². The van der Waals surface area contributed by atoms with Gasteiger partial charge in [0.15, 0.2) is 0 Å². The maximum absolute atomic E-state index is 12.5. The average Bonchev–Trinajstić information content (AvgIpc) is 2.46. The summed E-state index contributed by atoms with van der Waals surface area (Å²) in [7, 11) is 1.89. The number of aromatic nitrogens is 1. The number of amides is 1. The Kier molecular flexibility index (Phi) is 8.86. The number of halogens is 2. The molecule has 0 spiro atoms. The minimum atomic E-state index is -0.370. The number of rotatable bonds is 4. The van der Waals surface area contributed by atoms with Crippen LogP contribution in [0.5, 0.6) is 0 Å². The molecule has 1 atom stereocenters. The molecule has 1 saturated heterocycles. The second-order valence-electron chi connectivity index (χ2n) is 5.55. The van der Waals surface area contributed by atoms with Crippen LogP contribution in [0.1, 0.15) is 31.7 Å². The highest BCUT2D eigenvalue weighted by Gasteiger charge is 2.36. The smallest absolute Gasteiger partial charge is 0.242 e. The highest BCUT2D eigenvalue weighted by molar-refractivity contribution is 5.86. The molecule has 6 heteroatoms. The molecule has 1 aromatic heterocycles. The van der Waals surface area contributed by atoms with Crippen molar-refractivity contribution < 1.29 is 4.79 Å². The molecule has 1 aromatic rings. The van der Waals surface area contributed by atoms with Gasteiger partial charge in [-0.1, -0.05) is 0 Å². The highest BCUT2D eigenvalue weighted by Crippen LogP contribution is 2.20. The van der Waals surface area contributed by atoms with Crippen molar-refractivity contribution in [2.45, 2.75) is 38.1 Å². The van der Waals surface area contributed by atoms with Crippen molar-refractivity contribution in [1.82, 2.24) is 15.2 Å². The van der Waals surface area contributed by atoms with E-state index in [1.54, 1.807) is 12.4 Å². The molecule has 0 aromatic carbocycles. The molecule has 1 aliphatic heterocycles. The second-order valence-corrected chi connectivity index (χ2v) is 5.55. The minimum absolute atomic E-state index is 0. The fourth-order valence-electron chi connectivity index (χ4n) is 2.61. The Morgan fingerprint density at radius 1 is 1.33 bits per heavy atom. The van der Waals surface area contributed by atoms with E-state index >= 15 is 0 Å². The van der Waals surface area contributed by atoms with Crippen molar-refractivity contribution in [3.05, 3.63) is 30.1 Å². The predicted molar refractivity (Wildman–Crippen MR) is 90.3 cm³/mol. The Morgan fingerprint density at radius 2 is 2.00 bits per heavy atom. The number of carbonyl (C=O) groups is 1. The predicted octanol–water partition coefficient (Wildman–Crippen LogP) is 2.46. The number of piperidine rings is 1. The largest absolute Gasteiger partial charge is 0.344 e. The van der Waals surface area contributed by atoms with Gasteiger partial charge in [0.1, 0.15) is 0 Å². The molecule has 1 unspecified atom stereocenters. The summed E-state index contributed by atoms with van der Waals surface area (Å²) in [6.07, 6.45) is 7.70. The lowest BCUT2D eigenvalue weighted by molar-refractivity contribution is -0.137. The van der Waals surface area contributed by atoms with E-state index in [0.717, 1.165) is 32.4 Å². The summed E-state index contributed by atoms with van der Waals surface area (Å²) in [5.74, 6) is 0.209. The summed E-state index contributed by atoms with van der Waals surface area (Å²) < 4.78 is 0. The average molecular weight is 334 g/mol. The zero-order valence-electron chi connectivity index (χ0n) is 12.7. The molecule has 2 rings (SSSR count). The van der Waals surface area contributed by atoms with Gasteiger partial charge in [-0.15, -0.1) is 24.8 Å². The van der Waals surface area contributed by atoms with E-state index < -0.39 is 0 Å². The third-order valence-electron chi connectivity index (χ3n) is 3.92. The van der Waals surface area contributed by atoms with Crippen LogP contribution >= 0.6 is 24.8 Å². The number of nitrogens with one attached hydrogen (secondary N) is 1. The molecule has 120 valence electrons. The molecule has 4 nitrogen and oxygen atoms in total. The van der Waals surface area contributed by atoms with E-state index in [9.17, 15) is 4.79 Å². The summed E-state index contributed by atoms with van der Waals surface area (Å²) in [4.78, 5) is 18.3. The van der Waals surface area contributed by atoms with Gasteiger partial charge in [-0.05, 0) is 56.8 Å². The van der Waals surface area contributed by atoms with Crippen LogP contribution in [0.15, 0.2) is 24.5 Å². The van der Waals surface area contributed by atoms with Crippen LogP contribution in [-0.2, 0) is 11.2 Å². The van der Waals surface area contributed by atoms with Gasteiger partial charge in [-0.2, -0.15) is 0 Å². The van der Waals surface area contributed by atoms with E-state index in [-0.39, 0.29) is 36.3 Å². The summed E-state index contributed by atoms with van der Waals surface area (Å²) in [5, 5.41) is 3.37. The first-order valence-electron chi connectivity index (χ1n) is 7.01. The highest BCUT2D eigenvalue weighted by atomic mass is 35.5. The zero-order valence-corrected chi connectivity index (χ0v) is 14.3. The quantitative estimate of drug-likeness (QED) is 0.920. The van der Waals surface area contributed by atoms with E-state index in [4.69, 9.17) is 0 Å². The van der Waals surface area contributed by atoms with Gasteiger partial charge in [-0.25, -0.2) is 0 Å². The Bertz CT molecular complexity index is 422. The molecule has 21 heavy (non-hydrogen) atoms. The maximum Gasteiger partial charge on any atom is 0.242 e. The van der Waals surface area contributed by atoms with Crippen LogP contribution < -0.4 is 5.32 Å². The number of hydrogen-bond acceptors (Lipinski definition) is 3. The first-order chi connectivity index (χ1) is 9.12. The molecular formula is C15H25Cl2N3O. The molecule has 1 amide bonds. The van der Waals surface area contributed by atoms with Gasteiger partial charge < -0.3 is 10.2 Å². The molecule has 0 radical (unpaired) electrons. The third-order valence-corrected chi connectivity index (χ3v) is 3.92. The number of carbonyl (C=O) groups excluding carboxylic acids is 1. The number of likely N-dealkylation sites (N-methyl/N-ethyl adjacent to an activating group) is 1. The van der Waals surface area contributed by atoms with E-state index in [1.807, 2.05) is 31.0 Å². The van der Waals surface area contributed by atoms with E-state index in [2.05, 4.69) is 10.3 Å². The van der Waals surface area contributed by atoms with Crippen LogP contribution in [-0.4, -0.2) is 41.5 Å². The first-order valence-corrected chi connectivity index (χ1v) is 7.01. The lowest BCUT2D eigenvalue weighted by Crippen LogP contribution is -2.57. The molecule has 0 bridgehead atoms. The lowest BCUT2D eigenvalue weighted by atomic mass is 9.89. The van der Waals surface area contributed by atoms with Gasteiger partial charge in [0.05, 0.1) is 5.54 Å². The molecule has 0 aliphatic carbocycles. The van der Waals surface area contributed by atoms with Crippen LogP contribution in [0.4, 0.5) is 0 Å². The fraction of sp³-hybridized carbons (Fsp3) is 0.600. The van der Waals surface area contributed by atoms with Crippen molar-refractivity contribution in [1.29, 1.82) is 0 Å². The van der Waals surface area contributed by atoms with Crippen LogP contribution in [0.25, 0.3) is 0 Å². The minimum Gasteiger partial charge on any atom is -0.344 e. The van der Waals surface area contributed by atoms with Crippen molar-refractivity contribution in [2.75, 3.05) is 20.1 Å². The van der Waals surface area contributed by atoms with Crippen LogP contribution in [0.2, 0.25) is 0 Å². The van der Waals surface area contributed by atoms with E-state index in [0.29, 0.717) is 0 Å². The van der Waals surface area contributed by atoms with Crippen molar-refractivity contribution in [2.24, 2.45) is 0 Å². The third kappa shape index (κ3) is 5.46. The van der Waals surface area contributed by atoms with Crippen molar-refractivity contribution in [3.63, 3.8) is 0 Å². The molecular weight excluding hydrogens is 309 g/mol. The Hall–Kier alpha value is -0.840. The molecule has 1 fully saturated rings. The zero-order chi connectivity index (χ0) is 13.7. The first kappa shape index (κ1) is 20.2. The number of pyridine rings is 1. The summed E-state index contributed by atoms with van der Waals surface area (Å²) >= 11 is 0. The standard InChI is InChI=1S/C15H23N3O.2ClH/c1-15(8-3-4-9-17-15)14(19)18(2)12-7-13-5-10-16-11-6-13;;/h5-6,10-11,17H,3-4,7-9,12H2,1-2H3;2*1H. The van der Waals surface area contributed by atoms with Gasteiger partial charge in [0.2, 0.25) is 5.91 Å². The monoisotopic (exact) mass is 333 g/mol. The fourth-order valence-corrected chi connectivity index (χ4v) is 2.61. The molecule has 2 heterocycles. The summed E-state index contributed by atoms with van der Waals surface area (Å²) in [6.45, 7) is 3.72. The molecule has 0 saturated carbocycles.